The lowest BCUT2D eigenvalue weighted by Crippen LogP contribution is -2.36. The van der Waals surface area contributed by atoms with Gasteiger partial charge in [0.1, 0.15) is 5.78 Å². The quantitative estimate of drug-likeness (QED) is 0.661. The normalized spacial score (nSPS) is 12.9. The molecule has 0 amide bonds. The zero-order chi connectivity index (χ0) is 9.40. The Kier molecular flexibility index (Phi) is 7.61. The molecule has 0 aromatic heterocycles. The van der Waals surface area contributed by atoms with Gasteiger partial charge in [-0.1, -0.05) is 6.92 Å². The first-order valence-electron chi connectivity index (χ1n) is 4.45. The average molecular weight is 189 g/mol. The predicted molar refractivity (Wildman–Crippen MR) is 55.8 cm³/mol. The summed E-state index contributed by atoms with van der Waals surface area (Å²) in [6, 6.07) is 0.0809. The van der Waals surface area contributed by atoms with E-state index in [0.717, 1.165) is 25.1 Å². The Morgan fingerprint density at radius 3 is 2.67 bits per heavy atom. The third-order valence-electron chi connectivity index (χ3n) is 1.74. The summed E-state index contributed by atoms with van der Waals surface area (Å²) in [6.45, 7) is 4.71. The smallest absolute Gasteiger partial charge is 0.146 e. The summed E-state index contributed by atoms with van der Waals surface area (Å²) in [7, 11) is 0. The number of thioether (sulfide) groups is 1. The number of carbonyl (C=O) groups is 1. The second-order valence-corrected chi connectivity index (χ2v) is 3.88. The van der Waals surface area contributed by atoms with E-state index in [9.17, 15) is 4.79 Å². The van der Waals surface area contributed by atoms with Crippen LogP contribution in [0, 0.1) is 0 Å². The topological polar surface area (TPSA) is 29.1 Å². The maximum Gasteiger partial charge on any atom is 0.146 e. The first-order valence-corrected chi connectivity index (χ1v) is 5.84. The van der Waals surface area contributed by atoms with E-state index in [0.29, 0.717) is 0 Å². The fourth-order valence-corrected chi connectivity index (χ4v) is 1.47. The Morgan fingerprint density at radius 2 is 2.25 bits per heavy atom. The van der Waals surface area contributed by atoms with Crippen molar-refractivity contribution in [1.82, 2.24) is 5.32 Å². The molecule has 0 radical (unpaired) electrons. The van der Waals surface area contributed by atoms with Crippen LogP contribution < -0.4 is 5.32 Å². The van der Waals surface area contributed by atoms with Crippen LogP contribution in [0.5, 0.6) is 0 Å². The highest BCUT2D eigenvalue weighted by molar-refractivity contribution is 7.98. The molecule has 72 valence electrons. The second kappa shape index (κ2) is 7.62. The number of hydrogen-bond acceptors (Lipinski definition) is 3. The summed E-state index contributed by atoms with van der Waals surface area (Å²) >= 11 is 1.79. The molecule has 0 saturated carbocycles. The molecular formula is C9H19NOS. The molecule has 1 atom stereocenters. The summed E-state index contributed by atoms with van der Waals surface area (Å²) in [4.78, 5) is 11.1. The van der Waals surface area contributed by atoms with Crippen LogP contribution in [0.4, 0.5) is 0 Å². The van der Waals surface area contributed by atoms with Gasteiger partial charge in [-0.15, -0.1) is 0 Å². The van der Waals surface area contributed by atoms with Gasteiger partial charge in [-0.25, -0.2) is 0 Å². The number of Topliss-reactive ketones (excluding diaryl/α,β-unsaturated/α-hetero) is 1. The van der Waals surface area contributed by atoms with Crippen LogP contribution in [-0.4, -0.2) is 30.4 Å². The number of rotatable bonds is 7. The first-order chi connectivity index (χ1) is 5.72. The van der Waals surface area contributed by atoms with E-state index in [1.54, 1.807) is 18.7 Å². The van der Waals surface area contributed by atoms with Crippen LogP contribution >= 0.6 is 11.8 Å². The maximum absolute atomic E-state index is 11.1. The lowest BCUT2D eigenvalue weighted by Gasteiger charge is -2.14. The van der Waals surface area contributed by atoms with Crippen molar-refractivity contribution in [2.24, 2.45) is 0 Å². The van der Waals surface area contributed by atoms with Gasteiger partial charge in [0.05, 0.1) is 6.04 Å². The molecule has 0 saturated heterocycles. The van der Waals surface area contributed by atoms with Crippen LogP contribution in [0.2, 0.25) is 0 Å². The number of hydrogen-bond donors (Lipinski definition) is 1. The van der Waals surface area contributed by atoms with Crippen molar-refractivity contribution >= 4 is 17.5 Å². The van der Waals surface area contributed by atoms with Crippen LogP contribution in [0.3, 0.4) is 0 Å². The van der Waals surface area contributed by atoms with Gasteiger partial charge in [0.25, 0.3) is 0 Å². The number of carbonyl (C=O) groups excluding carboxylic acids is 1. The minimum absolute atomic E-state index is 0.0809. The van der Waals surface area contributed by atoms with Gasteiger partial charge in [-0.2, -0.15) is 11.8 Å². The lowest BCUT2D eigenvalue weighted by molar-refractivity contribution is -0.119. The SMILES string of the molecule is CCCNC(CCSC)C(C)=O. The zero-order valence-electron chi connectivity index (χ0n) is 8.22. The zero-order valence-corrected chi connectivity index (χ0v) is 9.04. The van der Waals surface area contributed by atoms with Crippen molar-refractivity contribution in [1.29, 1.82) is 0 Å². The van der Waals surface area contributed by atoms with Gasteiger partial charge >= 0.3 is 0 Å². The van der Waals surface area contributed by atoms with Gasteiger partial charge in [0.2, 0.25) is 0 Å². The molecule has 0 aliphatic heterocycles. The van der Waals surface area contributed by atoms with Crippen LogP contribution in [0.15, 0.2) is 0 Å². The van der Waals surface area contributed by atoms with Crippen LogP contribution in [0.25, 0.3) is 0 Å². The van der Waals surface area contributed by atoms with E-state index < -0.39 is 0 Å². The largest absolute Gasteiger partial charge is 0.307 e. The summed E-state index contributed by atoms with van der Waals surface area (Å²) in [5.41, 5.74) is 0. The highest BCUT2D eigenvalue weighted by Crippen LogP contribution is 2.01. The molecule has 0 heterocycles. The molecule has 0 fully saturated rings. The molecule has 3 heteroatoms. The average Bonchev–Trinajstić information content (AvgIpc) is 2.04. The predicted octanol–water partition coefficient (Wildman–Crippen LogP) is 1.70. The summed E-state index contributed by atoms with van der Waals surface area (Å²) in [6.07, 6.45) is 4.11. The first kappa shape index (κ1) is 12.0. The molecule has 2 nitrogen and oxygen atoms in total. The minimum Gasteiger partial charge on any atom is -0.307 e. The molecule has 12 heavy (non-hydrogen) atoms. The summed E-state index contributed by atoms with van der Waals surface area (Å²) in [5, 5.41) is 3.24. The van der Waals surface area contributed by atoms with Crippen molar-refractivity contribution in [2.75, 3.05) is 18.6 Å². The monoisotopic (exact) mass is 189 g/mol. The fourth-order valence-electron chi connectivity index (χ4n) is 1.00. The molecule has 1 N–H and O–H groups in total. The van der Waals surface area contributed by atoms with Gasteiger partial charge in [0, 0.05) is 0 Å². The van der Waals surface area contributed by atoms with E-state index in [1.807, 2.05) is 0 Å². The molecule has 0 aromatic rings. The summed E-state index contributed by atoms with van der Waals surface area (Å²) < 4.78 is 0. The van der Waals surface area contributed by atoms with E-state index in [1.165, 1.54) is 0 Å². The number of nitrogens with one attached hydrogen (secondary N) is 1. The molecule has 0 rings (SSSR count). The lowest BCUT2D eigenvalue weighted by atomic mass is 10.1. The number of ketones is 1. The van der Waals surface area contributed by atoms with E-state index in [-0.39, 0.29) is 11.8 Å². The minimum atomic E-state index is 0.0809. The van der Waals surface area contributed by atoms with E-state index in [4.69, 9.17) is 0 Å². The molecule has 0 aliphatic carbocycles. The van der Waals surface area contributed by atoms with Crippen molar-refractivity contribution in [2.45, 2.75) is 32.7 Å². The van der Waals surface area contributed by atoms with Gasteiger partial charge in [-0.3, -0.25) is 4.79 Å². The Morgan fingerprint density at radius 1 is 1.58 bits per heavy atom. The van der Waals surface area contributed by atoms with Crippen molar-refractivity contribution in [3.63, 3.8) is 0 Å². The third-order valence-corrected chi connectivity index (χ3v) is 2.39. The fraction of sp³-hybridized carbons (Fsp3) is 0.889. The van der Waals surface area contributed by atoms with Crippen molar-refractivity contribution in [3.05, 3.63) is 0 Å². The van der Waals surface area contributed by atoms with E-state index in [2.05, 4.69) is 18.5 Å². The van der Waals surface area contributed by atoms with Gasteiger partial charge in [-0.05, 0) is 38.3 Å². The van der Waals surface area contributed by atoms with Crippen LogP contribution in [0.1, 0.15) is 26.7 Å². The Balaban J connectivity index is 3.62. The highest BCUT2D eigenvalue weighted by atomic mass is 32.2. The third kappa shape index (κ3) is 5.61. The Bertz CT molecular complexity index is 120. The van der Waals surface area contributed by atoms with E-state index >= 15 is 0 Å². The Hall–Kier alpha value is -0.0200. The molecule has 0 aromatic carbocycles. The molecule has 0 spiro atoms. The standard InChI is InChI=1S/C9H19NOS/c1-4-6-10-9(8(2)11)5-7-12-3/h9-10H,4-7H2,1-3H3. The maximum atomic E-state index is 11.1. The molecule has 1 unspecified atom stereocenters. The van der Waals surface area contributed by atoms with Crippen molar-refractivity contribution < 1.29 is 4.79 Å². The van der Waals surface area contributed by atoms with Crippen LogP contribution in [-0.2, 0) is 4.79 Å². The molecule has 0 aliphatic rings. The highest BCUT2D eigenvalue weighted by Gasteiger charge is 2.11. The Labute approximate surface area is 79.5 Å². The molecular weight excluding hydrogens is 170 g/mol. The van der Waals surface area contributed by atoms with Gasteiger partial charge < -0.3 is 5.32 Å². The summed E-state index contributed by atoms with van der Waals surface area (Å²) in [5.74, 6) is 1.32. The second-order valence-electron chi connectivity index (χ2n) is 2.90. The van der Waals surface area contributed by atoms with Crippen molar-refractivity contribution in [3.8, 4) is 0 Å². The molecule has 0 bridgehead atoms. The van der Waals surface area contributed by atoms with Gasteiger partial charge in [0.15, 0.2) is 0 Å².